The van der Waals surface area contributed by atoms with Crippen LogP contribution in [0.2, 0.25) is 0 Å². The lowest BCUT2D eigenvalue weighted by molar-refractivity contribution is -0.142. The van der Waals surface area contributed by atoms with E-state index in [1.54, 1.807) is 20.9 Å². The Bertz CT molecular complexity index is 830. The summed E-state index contributed by atoms with van der Waals surface area (Å²) in [6.07, 6.45) is 0.552. The number of hydrogen-bond acceptors (Lipinski definition) is 5. The highest BCUT2D eigenvalue weighted by molar-refractivity contribution is 8.00. The predicted molar refractivity (Wildman–Crippen MR) is 100 cm³/mol. The van der Waals surface area contributed by atoms with Gasteiger partial charge >= 0.3 is 5.97 Å². The normalized spacial score (nSPS) is 12.0. The molecule has 1 aromatic heterocycles. The second kappa shape index (κ2) is 8.34. The number of rotatable bonds is 6. The van der Waals surface area contributed by atoms with E-state index in [0.29, 0.717) is 29.4 Å². The smallest absolute Gasteiger partial charge is 0.319 e. The maximum atomic E-state index is 12.8. The average molecular weight is 360 g/mol. The van der Waals surface area contributed by atoms with Crippen molar-refractivity contribution in [2.24, 2.45) is 7.05 Å². The Morgan fingerprint density at radius 3 is 2.64 bits per heavy atom. The summed E-state index contributed by atoms with van der Waals surface area (Å²) in [6.45, 7) is 7.74. The molecule has 0 saturated heterocycles. The van der Waals surface area contributed by atoms with Gasteiger partial charge in [-0.1, -0.05) is 36.0 Å². The minimum Gasteiger partial charge on any atom is -0.465 e. The zero-order chi connectivity index (χ0) is 18.6. The van der Waals surface area contributed by atoms with Crippen LogP contribution in [0.5, 0.6) is 0 Å². The van der Waals surface area contributed by atoms with Gasteiger partial charge in [0.2, 0.25) is 0 Å². The Morgan fingerprint density at radius 1 is 1.32 bits per heavy atom. The van der Waals surface area contributed by atoms with Crippen LogP contribution in [0, 0.1) is 13.8 Å². The van der Waals surface area contributed by atoms with Gasteiger partial charge in [-0.05, 0) is 38.8 Å². The van der Waals surface area contributed by atoms with Gasteiger partial charge < -0.3 is 4.74 Å². The van der Waals surface area contributed by atoms with Crippen LogP contribution >= 0.6 is 11.8 Å². The first-order valence-electron chi connectivity index (χ1n) is 8.29. The quantitative estimate of drug-likeness (QED) is 0.450. The van der Waals surface area contributed by atoms with E-state index in [4.69, 9.17) is 4.74 Å². The summed E-state index contributed by atoms with van der Waals surface area (Å²) < 4.78 is 6.53. The van der Waals surface area contributed by atoms with E-state index in [1.807, 2.05) is 38.1 Å². The van der Waals surface area contributed by atoms with Crippen LogP contribution in [-0.4, -0.2) is 27.4 Å². The molecule has 134 valence electrons. The summed E-state index contributed by atoms with van der Waals surface area (Å²) in [5.41, 5.74) is 3.58. The van der Waals surface area contributed by atoms with E-state index >= 15 is 0 Å². The number of hydrogen-bond donors (Lipinski definition) is 0. The molecule has 0 amide bonds. The van der Waals surface area contributed by atoms with Crippen molar-refractivity contribution >= 4 is 17.7 Å². The van der Waals surface area contributed by atoms with E-state index in [-0.39, 0.29) is 11.5 Å². The van der Waals surface area contributed by atoms with Gasteiger partial charge in [-0.2, -0.15) is 0 Å². The molecule has 25 heavy (non-hydrogen) atoms. The number of thioether (sulfide) groups is 1. The lowest BCUT2D eigenvalue weighted by atomic mass is 10.0. The number of aromatic nitrogens is 2. The molecular weight excluding hydrogens is 336 g/mol. The molecule has 0 spiro atoms. The van der Waals surface area contributed by atoms with Gasteiger partial charge in [-0.15, -0.1) is 0 Å². The first-order chi connectivity index (χ1) is 11.8. The topological polar surface area (TPSA) is 61.2 Å². The molecule has 2 rings (SSSR count). The van der Waals surface area contributed by atoms with Crippen LogP contribution in [0.25, 0.3) is 0 Å². The van der Waals surface area contributed by atoms with Crippen molar-refractivity contribution in [2.45, 2.75) is 44.5 Å². The molecule has 0 bridgehead atoms. The highest BCUT2D eigenvalue weighted by atomic mass is 32.2. The molecule has 0 N–H and O–H groups in total. The summed E-state index contributed by atoms with van der Waals surface area (Å²) in [5, 5.41) is 0.108. The van der Waals surface area contributed by atoms with E-state index in [0.717, 1.165) is 11.1 Å². The Kier molecular flexibility index (Phi) is 6.42. The Morgan fingerprint density at radius 2 is 2.00 bits per heavy atom. The van der Waals surface area contributed by atoms with Gasteiger partial charge in [0.25, 0.3) is 5.56 Å². The molecule has 6 heteroatoms. The van der Waals surface area contributed by atoms with Crippen molar-refractivity contribution in [3.8, 4) is 0 Å². The summed E-state index contributed by atoms with van der Waals surface area (Å²) in [6, 6.07) is 8.02. The van der Waals surface area contributed by atoms with E-state index in [2.05, 4.69) is 4.98 Å². The maximum absolute atomic E-state index is 12.8. The average Bonchev–Trinajstić information content (AvgIpc) is 2.58. The largest absolute Gasteiger partial charge is 0.465 e. The number of aryl methyl sites for hydroxylation is 2. The fraction of sp³-hybridized carbons (Fsp3) is 0.421. The fourth-order valence-electron chi connectivity index (χ4n) is 2.50. The predicted octanol–water partition coefficient (Wildman–Crippen LogP) is 3.03. The van der Waals surface area contributed by atoms with E-state index in [9.17, 15) is 9.59 Å². The molecule has 1 aromatic carbocycles. The standard InChI is InChI=1S/C19H24N2O3S/c1-6-24-18(23)14(4)25-19-20-13(3)16(17(22)21(19)5)11-15-10-8-7-9-12(15)2/h7-10,14H,6,11H2,1-5H3/t14-/m0/s1. The number of benzene rings is 1. The van der Waals surface area contributed by atoms with Crippen LogP contribution in [0.3, 0.4) is 0 Å². The van der Waals surface area contributed by atoms with Crippen LogP contribution in [0.4, 0.5) is 0 Å². The highest BCUT2D eigenvalue weighted by Crippen LogP contribution is 2.22. The van der Waals surface area contributed by atoms with Crippen LogP contribution < -0.4 is 5.56 Å². The molecular formula is C19H24N2O3S. The van der Waals surface area contributed by atoms with Crippen LogP contribution in [0.15, 0.2) is 34.2 Å². The monoisotopic (exact) mass is 360 g/mol. The molecule has 1 heterocycles. The number of carbonyl (C=O) groups is 1. The number of nitrogens with zero attached hydrogens (tertiary/aromatic N) is 2. The zero-order valence-electron chi connectivity index (χ0n) is 15.3. The number of carbonyl (C=O) groups excluding carboxylic acids is 1. The molecule has 0 fully saturated rings. The number of esters is 1. The minimum atomic E-state index is -0.417. The lowest BCUT2D eigenvalue weighted by Gasteiger charge is -2.15. The maximum Gasteiger partial charge on any atom is 0.319 e. The van der Waals surface area contributed by atoms with Gasteiger partial charge in [-0.25, -0.2) is 4.98 Å². The molecule has 0 aliphatic rings. The molecule has 0 unspecified atom stereocenters. The van der Waals surface area contributed by atoms with Gasteiger partial charge in [-0.3, -0.25) is 14.2 Å². The van der Waals surface area contributed by atoms with Gasteiger partial charge in [0.1, 0.15) is 5.25 Å². The van der Waals surface area contributed by atoms with Gasteiger partial charge in [0, 0.05) is 24.7 Å². The summed E-state index contributed by atoms with van der Waals surface area (Å²) in [4.78, 5) is 29.2. The highest BCUT2D eigenvalue weighted by Gasteiger charge is 2.20. The summed E-state index contributed by atoms with van der Waals surface area (Å²) >= 11 is 1.24. The molecule has 5 nitrogen and oxygen atoms in total. The third-order valence-electron chi connectivity index (χ3n) is 4.08. The van der Waals surface area contributed by atoms with E-state index < -0.39 is 5.25 Å². The van der Waals surface area contributed by atoms with Crippen molar-refractivity contribution in [3.63, 3.8) is 0 Å². The van der Waals surface area contributed by atoms with Crippen molar-refractivity contribution in [1.82, 2.24) is 9.55 Å². The Labute approximate surface area is 152 Å². The molecule has 1 atom stereocenters. The lowest BCUT2D eigenvalue weighted by Crippen LogP contribution is -2.27. The van der Waals surface area contributed by atoms with Gasteiger partial charge in [0.05, 0.1) is 6.61 Å². The van der Waals surface area contributed by atoms with Crippen molar-refractivity contribution in [3.05, 3.63) is 57.0 Å². The van der Waals surface area contributed by atoms with Crippen LogP contribution in [-0.2, 0) is 23.0 Å². The first kappa shape index (κ1) is 19.2. The second-order valence-corrected chi connectivity index (χ2v) is 7.25. The third-order valence-corrected chi connectivity index (χ3v) is 5.20. The van der Waals surface area contributed by atoms with Gasteiger partial charge in [0.15, 0.2) is 5.16 Å². The van der Waals surface area contributed by atoms with Crippen molar-refractivity contribution in [2.75, 3.05) is 6.61 Å². The van der Waals surface area contributed by atoms with E-state index in [1.165, 1.54) is 16.3 Å². The second-order valence-electron chi connectivity index (χ2n) is 5.94. The summed E-state index contributed by atoms with van der Waals surface area (Å²) in [5.74, 6) is -0.302. The molecule has 0 radical (unpaired) electrons. The third kappa shape index (κ3) is 4.51. The van der Waals surface area contributed by atoms with Crippen molar-refractivity contribution in [1.29, 1.82) is 0 Å². The Balaban J connectivity index is 2.32. The minimum absolute atomic E-state index is 0.0747. The molecule has 0 saturated carbocycles. The molecule has 2 aromatic rings. The fourth-order valence-corrected chi connectivity index (χ4v) is 3.41. The summed E-state index contributed by atoms with van der Waals surface area (Å²) in [7, 11) is 1.69. The zero-order valence-corrected chi connectivity index (χ0v) is 16.1. The Hall–Kier alpha value is -2.08. The SMILES string of the molecule is CCOC(=O)[C@H](C)Sc1nc(C)c(Cc2ccccc2C)c(=O)n1C. The molecule has 0 aliphatic heterocycles. The first-order valence-corrected chi connectivity index (χ1v) is 9.17. The van der Waals surface area contributed by atoms with Crippen molar-refractivity contribution < 1.29 is 9.53 Å². The molecule has 0 aliphatic carbocycles. The number of ether oxygens (including phenoxy) is 1. The van der Waals surface area contributed by atoms with Crippen LogP contribution in [0.1, 0.15) is 36.2 Å².